The van der Waals surface area contributed by atoms with Crippen LogP contribution >= 0.6 is 0 Å². The van der Waals surface area contributed by atoms with E-state index < -0.39 is 36.5 Å². The first-order chi connectivity index (χ1) is 24.1. The highest BCUT2D eigenvalue weighted by Gasteiger charge is 2.47. The zero-order chi connectivity index (χ0) is 35.7. The van der Waals surface area contributed by atoms with E-state index in [1.807, 2.05) is 6.20 Å². The molecule has 1 amide bonds. The van der Waals surface area contributed by atoms with Crippen LogP contribution in [0.1, 0.15) is 49.8 Å². The van der Waals surface area contributed by atoms with Crippen LogP contribution in [-0.2, 0) is 32.1 Å². The number of unbranched alkanes of at least 4 members (excludes halogenated alkanes) is 1. The molecule has 3 unspecified atom stereocenters. The van der Waals surface area contributed by atoms with Crippen molar-refractivity contribution in [3.05, 3.63) is 46.5 Å². The normalized spacial score (nSPS) is 25.4. The van der Waals surface area contributed by atoms with Gasteiger partial charge in [-0.15, -0.1) is 0 Å². The van der Waals surface area contributed by atoms with Gasteiger partial charge in [-0.1, -0.05) is 0 Å². The molecule has 0 aromatic heterocycles. The van der Waals surface area contributed by atoms with Crippen LogP contribution in [0.5, 0.6) is 17.2 Å². The van der Waals surface area contributed by atoms with Crippen LogP contribution in [0.25, 0.3) is 5.57 Å². The monoisotopic (exact) mass is 695 g/mol. The second-order valence-corrected chi connectivity index (χ2v) is 12.5. The van der Waals surface area contributed by atoms with Gasteiger partial charge in [0.2, 0.25) is 17.4 Å². The summed E-state index contributed by atoms with van der Waals surface area (Å²) in [6, 6.07) is 0. The van der Waals surface area contributed by atoms with Crippen molar-refractivity contribution < 1.29 is 58.5 Å². The number of amidine groups is 1. The van der Waals surface area contributed by atoms with Gasteiger partial charge in [0, 0.05) is 24.2 Å². The number of ether oxygens (including phenoxy) is 4. The quantitative estimate of drug-likeness (QED) is 0.0597. The van der Waals surface area contributed by atoms with Crippen molar-refractivity contribution in [3.8, 4) is 17.2 Å². The molecule has 0 bridgehead atoms. The van der Waals surface area contributed by atoms with Crippen LogP contribution < -0.4 is 34.6 Å². The molecular weight excluding hydrogens is 654 g/mol. The first-order valence-electron chi connectivity index (χ1n) is 16.4. The van der Waals surface area contributed by atoms with Crippen molar-refractivity contribution in [1.82, 2.24) is 10.6 Å². The van der Waals surface area contributed by atoms with E-state index in [1.165, 1.54) is 7.11 Å². The van der Waals surface area contributed by atoms with Crippen molar-refractivity contribution in [2.45, 2.75) is 64.1 Å². The molecule has 266 valence electrons. The summed E-state index contributed by atoms with van der Waals surface area (Å²) in [6.45, 7) is 3.15. The number of benzene rings is 1. The number of aliphatic imine (C=N–C) groups is 2. The molecule has 5 aliphatic heterocycles. The summed E-state index contributed by atoms with van der Waals surface area (Å²) in [5.74, 6) is -1.08. The molecule has 17 heteroatoms. The Labute approximate surface area is 287 Å². The Morgan fingerprint density at radius 2 is 2.08 bits per heavy atom. The number of carbonyl (C=O) groups is 3. The van der Waals surface area contributed by atoms with Gasteiger partial charge in [-0.25, -0.2) is 14.7 Å². The number of rotatable bonds is 13. The van der Waals surface area contributed by atoms with Crippen molar-refractivity contribution >= 4 is 41.2 Å². The van der Waals surface area contributed by atoms with Crippen molar-refractivity contribution in [2.75, 3.05) is 33.5 Å². The van der Waals surface area contributed by atoms with E-state index in [9.17, 15) is 29.7 Å². The lowest BCUT2D eigenvalue weighted by atomic mass is 9.86. The molecule has 1 aromatic rings. The molecule has 50 heavy (non-hydrogen) atoms. The van der Waals surface area contributed by atoms with Crippen LogP contribution in [0.15, 0.2) is 39.8 Å². The van der Waals surface area contributed by atoms with Crippen molar-refractivity contribution in [2.24, 2.45) is 9.98 Å². The Balaban J connectivity index is 1.42. The van der Waals surface area contributed by atoms with Crippen LogP contribution in [0.2, 0.25) is 0 Å². The van der Waals surface area contributed by atoms with E-state index in [2.05, 4.69) is 20.6 Å². The van der Waals surface area contributed by atoms with Crippen LogP contribution in [-0.4, -0.2) is 103 Å². The molecule has 6 rings (SSSR count). The number of methoxy groups -OCH3 is 1. The fourth-order valence-corrected chi connectivity index (χ4v) is 6.90. The predicted molar refractivity (Wildman–Crippen MR) is 175 cm³/mol. The topological polar surface area (TPSA) is 230 Å². The van der Waals surface area contributed by atoms with Crippen LogP contribution in [0.4, 0.5) is 0 Å². The van der Waals surface area contributed by atoms with Gasteiger partial charge in [0.25, 0.3) is 11.7 Å². The number of nitrogens with zero attached hydrogens (tertiary/aromatic N) is 2. The molecule has 5 heterocycles. The second-order valence-electron chi connectivity index (χ2n) is 12.5. The van der Waals surface area contributed by atoms with E-state index in [-0.39, 0.29) is 72.9 Å². The van der Waals surface area contributed by atoms with Gasteiger partial charge in [-0.05, 0) is 39.2 Å². The Kier molecular flexibility index (Phi) is 9.86. The van der Waals surface area contributed by atoms with Gasteiger partial charge in [0.1, 0.15) is 36.1 Å². The summed E-state index contributed by atoms with van der Waals surface area (Å²) in [7, 11) is 1.45. The minimum Gasteiger partial charge on any atom is -0.496 e. The maximum absolute atomic E-state index is 13.2. The fourth-order valence-electron chi connectivity index (χ4n) is 6.90. The lowest BCUT2D eigenvalue weighted by Gasteiger charge is -2.30. The van der Waals surface area contributed by atoms with Crippen LogP contribution in [0, 0.1) is 5.41 Å². The van der Waals surface area contributed by atoms with E-state index in [1.54, 1.807) is 26.1 Å². The molecule has 5 aliphatic rings. The smallest absolute Gasteiger partial charge is 0.375 e. The van der Waals surface area contributed by atoms with E-state index in [0.717, 1.165) is 4.90 Å². The van der Waals surface area contributed by atoms with Crippen molar-refractivity contribution in [1.29, 1.82) is 5.41 Å². The predicted octanol–water partition coefficient (Wildman–Crippen LogP) is -2.80. The minimum atomic E-state index is -1.30. The van der Waals surface area contributed by atoms with Gasteiger partial charge >= 0.3 is 12.3 Å². The number of aliphatic hydroxyl groups excluding tert-OH is 2. The van der Waals surface area contributed by atoms with Gasteiger partial charge in [-0.3, -0.25) is 25.6 Å². The number of aldehydes is 1. The number of aliphatic hydroxyl groups is 3. The molecule has 5 atom stereocenters. The number of hydrogen-bond donors (Lipinski definition) is 8. The molecule has 1 aromatic carbocycles. The van der Waals surface area contributed by atoms with Gasteiger partial charge in [0.05, 0.1) is 48.8 Å². The molecule has 0 saturated carbocycles. The minimum absolute atomic E-state index is 0.00509. The number of quaternary nitrogens is 2. The lowest BCUT2D eigenvalue weighted by molar-refractivity contribution is -1.05. The van der Waals surface area contributed by atoms with E-state index in [4.69, 9.17) is 24.4 Å². The third kappa shape index (κ3) is 6.07. The Hall–Kier alpha value is -4.94. The average molecular weight is 696 g/mol. The van der Waals surface area contributed by atoms with E-state index >= 15 is 0 Å². The molecule has 17 nitrogen and oxygen atoms in total. The fraction of sp³-hybridized carbons (Fsp3) is 0.455. The van der Waals surface area contributed by atoms with E-state index in [0.29, 0.717) is 58.7 Å². The maximum Gasteiger partial charge on any atom is 0.375 e. The largest absolute Gasteiger partial charge is 0.496 e. The molecule has 0 aliphatic carbocycles. The Morgan fingerprint density at radius 3 is 2.78 bits per heavy atom. The Bertz CT molecular complexity index is 1780. The highest BCUT2D eigenvalue weighted by Crippen LogP contribution is 2.54. The molecular formula is C33H41N7O10+2. The van der Waals surface area contributed by atoms with Crippen LogP contribution in [0.3, 0.4) is 0 Å². The molecule has 0 radical (unpaired) electrons. The van der Waals surface area contributed by atoms with Gasteiger partial charge in [-0.2, -0.15) is 9.89 Å². The third-order valence-electron chi connectivity index (χ3n) is 9.36. The number of guanidine groups is 1. The summed E-state index contributed by atoms with van der Waals surface area (Å²) < 4.78 is 23.6. The number of allylic oxidation sites excluding steroid dienone is 2. The number of fused-ring (bicyclic) bond motifs is 3. The number of carbonyl (C=O) groups excluding carboxylic acids is 3. The number of nitrogens with one attached hydrogen (secondary N) is 5. The van der Waals surface area contributed by atoms with Gasteiger partial charge in [0.15, 0.2) is 13.0 Å². The zero-order valence-electron chi connectivity index (χ0n) is 27.9. The molecule has 8 N–H and O–H groups in total. The standard InChI is InChI=1S/C33H39N7O10/c1-4-48-30(45)27-19(14-42)17(7-10-39-11-9-35-32(39)40-16-36-23-28(40)37-31(34)38-29(23)44)22-25(47-3)18-13-21(33(2,46)8-5-6-12-41)49-24(18)20(15-43)26(22)50-27/h7,9,11,14,21,32,35,41,43,46H,4-6,8,10,12-13,15-16H2,1-3H3,(H2,34,38,44)/p+2/b17-7+/t21-,32?,33-/m0/s1. The molecule has 0 fully saturated rings. The highest BCUT2D eigenvalue weighted by molar-refractivity contribution is 6.68. The van der Waals surface area contributed by atoms with Crippen molar-refractivity contribution in [3.63, 3.8) is 0 Å². The first kappa shape index (κ1) is 34.9. The number of hydrogen-bond acceptors (Lipinski definition) is 13. The molecule has 0 spiro atoms. The highest BCUT2D eigenvalue weighted by atomic mass is 16.6. The molecule has 0 saturated heterocycles. The number of esters is 1. The average Bonchev–Trinajstić information content (AvgIpc) is 3.84. The number of amides is 1. The zero-order valence-corrected chi connectivity index (χ0v) is 27.9. The Morgan fingerprint density at radius 1 is 1.28 bits per heavy atom. The second kappa shape index (κ2) is 14.1. The summed E-state index contributed by atoms with van der Waals surface area (Å²) >= 11 is 0. The summed E-state index contributed by atoms with van der Waals surface area (Å²) in [4.78, 5) is 48.6. The maximum atomic E-state index is 13.2. The summed E-state index contributed by atoms with van der Waals surface area (Å²) in [5, 5.41) is 44.9. The first-order valence-corrected chi connectivity index (χ1v) is 16.4. The summed E-state index contributed by atoms with van der Waals surface area (Å²) in [6.07, 6.45) is 6.34. The third-order valence-corrected chi connectivity index (χ3v) is 9.36. The lowest BCUT2D eigenvalue weighted by Crippen LogP contribution is -3.36. The SMILES string of the molecule is CCOC(=O)C1=C(C=O)/C(=C\C[NH+]2C=CNC2[NH+]2CN=C3C(=O)NC(=N)N=C32)c2c(OC)c3c(c(CO)c2O1)O[C@H]([C@@](C)(O)CCCCO)C3. The summed E-state index contributed by atoms with van der Waals surface area (Å²) in [5.41, 5.74) is 0.155. The van der Waals surface area contributed by atoms with Gasteiger partial charge < -0.3 is 34.3 Å².